The van der Waals surface area contributed by atoms with Gasteiger partial charge in [-0.2, -0.15) is 13.7 Å². The second kappa shape index (κ2) is 6.22. The van der Waals surface area contributed by atoms with Gasteiger partial charge < -0.3 is 9.08 Å². The van der Waals surface area contributed by atoms with Crippen molar-refractivity contribution in [3.63, 3.8) is 0 Å². The molecule has 7 heteroatoms. The Morgan fingerprint density at radius 2 is 2.00 bits per heavy atom. The zero-order chi connectivity index (χ0) is 18.2. The van der Waals surface area contributed by atoms with Crippen molar-refractivity contribution in [3.05, 3.63) is 53.6 Å². The lowest BCUT2D eigenvalue weighted by molar-refractivity contribution is -0.116. The lowest BCUT2D eigenvalue weighted by Crippen LogP contribution is -2.33. The fourth-order valence-electron chi connectivity index (χ4n) is 3.04. The molecular formula is C18H16N2O4S. The highest BCUT2D eigenvalue weighted by molar-refractivity contribution is 7.87. The Hall–Kier alpha value is -2.85. The molecule has 1 atom stereocenters. The first-order valence-electron chi connectivity index (χ1n) is 7.70. The molecule has 3 rings (SSSR count). The molecule has 0 spiro atoms. The number of para-hydroxylation sites is 1. The lowest BCUT2D eigenvalue weighted by Gasteiger charge is -2.20. The molecule has 2 aromatic rings. The van der Waals surface area contributed by atoms with E-state index in [1.807, 2.05) is 13.0 Å². The molecule has 1 aliphatic heterocycles. The molecule has 25 heavy (non-hydrogen) atoms. The van der Waals surface area contributed by atoms with Crippen LogP contribution in [0, 0.1) is 11.3 Å². The third kappa shape index (κ3) is 3.08. The van der Waals surface area contributed by atoms with Gasteiger partial charge in [0.25, 0.3) is 0 Å². The van der Waals surface area contributed by atoms with Crippen molar-refractivity contribution in [1.82, 2.24) is 0 Å². The molecule has 1 amide bonds. The third-order valence-electron chi connectivity index (χ3n) is 4.10. The molecule has 6 nitrogen and oxygen atoms in total. The average Bonchev–Trinajstić information content (AvgIpc) is 2.90. The van der Waals surface area contributed by atoms with E-state index < -0.39 is 10.1 Å². The second-order valence-corrected chi connectivity index (χ2v) is 7.42. The van der Waals surface area contributed by atoms with Crippen molar-refractivity contribution in [2.45, 2.75) is 31.2 Å². The summed E-state index contributed by atoms with van der Waals surface area (Å²) in [6, 6.07) is 12.6. The van der Waals surface area contributed by atoms with E-state index in [2.05, 4.69) is 0 Å². The maximum Gasteiger partial charge on any atom is 0.339 e. The molecule has 0 unspecified atom stereocenters. The van der Waals surface area contributed by atoms with Gasteiger partial charge in [-0.05, 0) is 49.2 Å². The van der Waals surface area contributed by atoms with E-state index in [9.17, 15) is 13.2 Å². The minimum absolute atomic E-state index is 0.00315. The molecule has 0 saturated carbocycles. The summed E-state index contributed by atoms with van der Waals surface area (Å²) in [5.74, 6) is -0.0923. The average molecular weight is 356 g/mol. The van der Waals surface area contributed by atoms with Crippen molar-refractivity contribution in [2.75, 3.05) is 4.90 Å². The van der Waals surface area contributed by atoms with Crippen LogP contribution in [0.4, 0.5) is 5.69 Å². The predicted octanol–water partition coefficient (Wildman–Crippen LogP) is 2.62. The van der Waals surface area contributed by atoms with Gasteiger partial charge in [0.05, 0.1) is 5.56 Å². The van der Waals surface area contributed by atoms with E-state index in [0.717, 1.165) is 11.3 Å². The molecule has 0 aromatic heterocycles. The molecule has 128 valence electrons. The Bertz CT molecular complexity index is 992. The first-order valence-corrected chi connectivity index (χ1v) is 9.10. The van der Waals surface area contributed by atoms with Gasteiger partial charge in [-0.1, -0.05) is 12.1 Å². The minimum atomic E-state index is -4.08. The summed E-state index contributed by atoms with van der Waals surface area (Å²) in [5, 5.41) is 9.06. The number of benzene rings is 2. The highest BCUT2D eigenvalue weighted by Gasteiger charge is 2.30. The molecule has 2 aromatic carbocycles. The molecule has 1 heterocycles. The van der Waals surface area contributed by atoms with E-state index in [1.165, 1.54) is 31.2 Å². The Labute approximate surface area is 146 Å². The molecule has 0 bridgehead atoms. The normalized spacial score (nSPS) is 16.2. The standard InChI is InChI=1S/C18H16N2O4S/c1-12-9-15-10-16(7-8-17(15)20(12)13(2)21)25(22,23)24-18-6-4-3-5-14(18)11-19/h3-8,10,12H,9H2,1-2H3/t12-/m1/s1. The quantitative estimate of drug-likeness (QED) is 0.789. The van der Waals surface area contributed by atoms with E-state index in [0.29, 0.717) is 6.42 Å². The van der Waals surface area contributed by atoms with E-state index in [4.69, 9.17) is 9.44 Å². The number of nitrogens with zero attached hydrogens (tertiary/aromatic N) is 2. The predicted molar refractivity (Wildman–Crippen MR) is 91.7 cm³/mol. The minimum Gasteiger partial charge on any atom is -0.378 e. The number of hydrogen-bond acceptors (Lipinski definition) is 5. The summed E-state index contributed by atoms with van der Waals surface area (Å²) < 4.78 is 30.2. The smallest absolute Gasteiger partial charge is 0.339 e. The van der Waals surface area contributed by atoms with Gasteiger partial charge in [0.15, 0.2) is 5.75 Å². The summed E-state index contributed by atoms with van der Waals surface area (Å²) in [5.41, 5.74) is 1.64. The fraction of sp³-hybridized carbons (Fsp3) is 0.222. The third-order valence-corrected chi connectivity index (χ3v) is 5.33. The molecule has 0 N–H and O–H groups in total. The number of rotatable bonds is 3. The number of nitriles is 1. The molecule has 0 aliphatic carbocycles. The van der Waals surface area contributed by atoms with Crippen LogP contribution in [0.2, 0.25) is 0 Å². The van der Waals surface area contributed by atoms with Crippen LogP contribution in [0.25, 0.3) is 0 Å². The van der Waals surface area contributed by atoms with Gasteiger partial charge in [-0.3, -0.25) is 4.79 Å². The number of carbonyl (C=O) groups is 1. The maximum absolute atomic E-state index is 12.6. The van der Waals surface area contributed by atoms with Crippen LogP contribution in [0.15, 0.2) is 47.4 Å². The molecule has 0 saturated heterocycles. The van der Waals surface area contributed by atoms with Crippen LogP contribution in [0.3, 0.4) is 0 Å². The van der Waals surface area contributed by atoms with E-state index in [-0.39, 0.29) is 28.2 Å². The van der Waals surface area contributed by atoms with Crippen molar-refractivity contribution in [2.24, 2.45) is 0 Å². The van der Waals surface area contributed by atoms with Crippen LogP contribution < -0.4 is 9.08 Å². The maximum atomic E-state index is 12.6. The molecule has 1 aliphatic rings. The highest BCUT2D eigenvalue weighted by Crippen LogP contribution is 2.34. The molecule has 0 radical (unpaired) electrons. The summed E-state index contributed by atoms with van der Waals surface area (Å²) >= 11 is 0. The van der Waals surface area contributed by atoms with Crippen molar-refractivity contribution < 1.29 is 17.4 Å². The summed E-state index contributed by atoms with van der Waals surface area (Å²) in [6.07, 6.45) is 0.576. The van der Waals surface area contributed by atoms with Gasteiger partial charge in [-0.15, -0.1) is 0 Å². The SMILES string of the molecule is CC(=O)N1c2ccc(S(=O)(=O)Oc3ccccc3C#N)cc2C[C@H]1C. The summed E-state index contributed by atoms with van der Waals surface area (Å²) in [4.78, 5) is 13.4. The summed E-state index contributed by atoms with van der Waals surface area (Å²) in [7, 11) is -4.08. The van der Waals surface area contributed by atoms with Crippen molar-refractivity contribution in [3.8, 4) is 11.8 Å². The fourth-order valence-corrected chi connectivity index (χ4v) is 4.04. The van der Waals surface area contributed by atoms with Crippen LogP contribution in [-0.4, -0.2) is 20.4 Å². The van der Waals surface area contributed by atoms with Crippen molar-refractivity contribution in [1.29, 1.82) is 5.26 Å². The number of fused-ring (bicyclic) bond motifs is 1. The number of amides is 1. The molecular weight excluding hydrogens is 340 g/mol. The first-order chi connectivity index (χ1) is 11.8. The first kappa shape index (κ1) is 17.0. The highest BCUT2D eigenvalue weighted by atomic mass is 32.2. The van der Waals surface area contributed by atoms with E-state index >= 15 is 0 Å². The summed E-state index contributed by atoms with van der Waals surface area (Å²) in [6.45, 7) is 3.40. The Kier molecular flexibility index (Phi) is 4.23. The Morgan fingerprint density at radius 3 is 2.68 bits per heavy atom. The Balaban J connectivity index is 1.96. The van der Waals surface area contributed by atoms with Crippen LogP contribution in [0.5, 0.6) is 5.75 Å². The monoisotopic (exact) mass is 356 g/mol. The number of carbonyl (C=O) groups excluding carboxylic acids is 1. The second-order valence-electron chi connectivity index (χ2n) is 5.88. The van der Waals surface area contributed by atoms with E-state index in [1.54, 1.807) is 23.1 Å². The van der Waals surface area contributed by atoms with Crippen LogP contribution >= 0.6 is 0 Å². The van der Waals surface area contributed by atoms with Gasteiger partial charge >= 0.3 is 10.1 Å². The van der Waals surface area contributed by atoms with Crippen LogP contribution in [0.1, 0.15) is 25.0 Å². The zero-order valence-corrected chi connectivity index (χ0v) is 14.6. The number of anilines is 1. The van der Waals surface area contributed by atoms with Gasteiger partial charge in [0, 0.05) is 18.7 Å². The van der Waals surface area contributed by atoms with Crippen LogP contribution in [-0.2, 0) is 21.3 Å². The number of hydrogen-bond donors (Lipinski definition) is 0. The van der Waals surface area contributed by atoms with Crippen molar-refractivity contribution >= 4 is 21.7 Å². The topological polar surface area (TPSA) is 87.5 Å². The van der Waals surface area contributed by atoms with Gasteiger partial charge in [0.1, 0.15) is 11.0 Å². The largest absolute Gasteiger partial charge is 0.378 e. The van der Waals surface area contributed by atoms with Gasteiger partial charge in [-0.25, -0.2) is 0 Å². The lowest BCUT2D eigenvalue weighted by atomic mass is 10.1. The van der Waals surface area contributed by atoms with Gasteiger partial charge in [0.2, 0.25) is 5.91 Å². The Morgan fingerprint density at radius 1 is 1.28 bits per heavy atom. The molecule has 0 fully saturated rings. The zero-order valence-electron chi connectivity index (χ0n) is 13.8.